The molecule has 0 amide bonds. The maximum Gasteiger partial charge on any atom is 0.179 e. The number of rotatable bonds is 2. The normalized spacial score (nSPS) is 16.1. The van der Waals surface area contributed by atoms with Gasteiger partial charge in [-0.1, -0.05) is 109 Å². The Kier molecular flexibility index (Phi) is 4.79. The molecule has 0 saturated heterocycles. The van der Waals surface area contributed by atoms with E-state index < -0.39 is 7.14 Å². The molecule has 39 heavy (non-hydrogen) atoms. The van der Waals surface area contributed by atoms with Gasteiger partial charge in [0.25, 0.3) is 0 Å². The summed E-state index contributed by atoms with van der Waals surface area (Å²) in [5.41, 5.74) is 2.89. The lowest BCUT2D eigenvalue weighted by atomic mass is 10.0. The topological polar surface area (TPSA) is 39.2 Å². The van der Waals surface area contributed by atoms with Crippen molar-refractivity contribution in [2.45, 2.75) is 0 Å². The zero-order chi connectivity index (χ0) is 26.0. The molecule has 1 aliphatic rings. The highest BCUT2D eigenvalue weighted by atomic mass is 31.2. The smallest absolute Gasteiger partial charge is 0.179 e. The molecule has 0 fully saturated rings. The molecule has 0 bridgehead atoms. The molecule has 3 nitrogen and oxygen atoms in total. The first-order valence-electron chi connectivity index (χ1n) is 13.0. The van der Waals surface area contributed by atoms with Gasteiger partial charge in [-0.15, -0.1) is 0 Å². The highest BCUT2D eigenvalue weighted by Crippen LogP contribution is 2.55. The number of hydrogen-bond donors (Lipinski definition) is 0. The molecule has 4 heteroatoms. The Morgan fingerprint density at radius 2 is 1.31 bits per heavy atom. The third-order valence-electron chi connectivity index (χ3n) is 7.75. The van der Waals surface area contributed by atoms with Gasteiger partial charge in [0, 0.05) is 27.8 Å². The molecule has 0 saturated carbocycles. The van der Waals surface area contributed by atoms with Crippen LogP contribution in [-0.4, -0.2) is 4.98 Å². The Morgan fingerprint density at radius 1 is 0.615 bits per heavy atom. The predicted octanol–water partition coefficient (Wildman–Crippen LogP) is 7.95. The van der Waals surface area contributed by atoms with Crippen LogP contribution < -0.4 is 20.7 Å². The number of aromatic nitrogens is 1. The molecule has 1 unspecified atom stereocenters. The lowest BCUT2D eigenvalue weighted by Crippen LogP contribution is -2.31. The maximum atomic E-state index is 15.9. The van der Waals surface area contributed by atoms with E-state index in [2.05, 4.69) is 53.5 Å². The Bertz CT molecular complexity index is 2130. The third-order valence-corrected chi connectivity index (χ3v) is 10.9. The largest absolute Gasteiger partial charge is 0.455 e. The Balaban J connectivity index is 1.50. The summed E-state index contributed by atoms with van der Waals surface area (Å²) in [4.78, 5) is 4.67. The van der Waals surface area contributed by atoms with Crippen LogP contribution in [0.3, 0.4) is 0 Å². The highest BCUT2D eigenvalue weighted by molar-refractivity contribution is 7.86. The second-order valence-corrected chi connectivity index (χ2v) is 12.5. The van der Waals surface area contributed by atoms with E-state index in [1.165, 1.54) is 0 Å². The Morgan fingerprint density at radius 3 is 2.13 bits per heavy atom. The summed E-state index contributed by atoms with van der Waals surface area (Å²) < 4.78 is 22.6. The van der Waals surface area contributed by atoms with Gasteiger partial charge in [-0.05, 0) is 39.9 Å². The number of ether oxygens (including phenoxy) is 1. The second kappa shape index (κ2) is 8.39. The molecule has 6 aromatic carbocycles. The van der Waals surface area contributed by atoms with E-state index in [1.54, 1.807) is 0 Å². The van der Waals surface area contributed by atoms with Crippen LogP contribution in [0.15, 0.2) is 134 Å². The summed E-state index contributed by atoms with van der Waals surface area (Å²) in [6.07, 6.45) is 1.82. The summed E-state index contributed by atoms with van der Waals surface area (Å²) >= 11 is 0. The van der Waals surface area contributed by atoms with Crippen molar-refractivity contribution in [3.05, 3.63) is 134 Å². The number of benzene rings is 6. The summed E-state index contributed by atoms with van der Waals surface area (Å²) in [5.74, 6) is 1.32. The summed E-state index contributed by atoms with van der Waals surface area (Å²) in [7, 11) is -3.35. The fraction of sp³-hybridized carbons (Fsp3) is 0. The van der Waals surface area contributed by atoms with Crippen LogP contribution in [0, 0.1) is 0 Å². The van der Waals surface area contributed by atoms with Crippen molar-refractivity contribution in [1.82, 2.24) is 4.98 Å². The molecule has 184 valence electrons. The Labute approximate surface area is 225 Å². The molecule has 1 aromatic heterocycles. The lowest BCUT2D eigenvalue weighted by Gasteiger charge is -2.31. The predicted molar refractivity (Wildman–Crippen MR) is 162 cm³/mol. The monoisotopic (exact) mass is 519 g/mol. The number of para-hydroxylation sites is 1. The van der Waals surface area contributed by atoms with Gasteiger partial charge in [0.05, 0.1) is 16.1 Å². The minimum atomic E-state index is -3.35. The molecule has 8 rings (SSSR count). The fourth-order valence-electron chi connectivity index (χ4n) is 6.00. The van der Waals surface area contributed by atoms with Crippen molar-refractivity contribution >= 4 is 55.5 Å². The van der Waals surface area contributed by atoms with Crippen LogP contribution in [-0.2, 0) is 4.57 Å². The van der Waals surface area contributed by atoms with E-state index in [4.69, 9.17) is 4.74 Å². The zero-order valence-electron chi connectivity index (χ0n) is 20.9. The van der Waals surface area contributed by atoms with E-state index in [1.807, 2.05) is 85.1 Å². The molecule has 0 aliphatic carbocycles. The molecule has 1 aliphatic heterocycles. The van der Waals surface area contributed by atoms with Gasteiger partial charge in [0.2, 0.25) is 0 Å². The van der Waals surface area contributed by atoms with E-state index in [-0.39, 0.29) is 0 Å². The van der Waals surface area contributed by atoms with Gasteiger partial charge in [-0.3, -0.25) is 4.98 Å². The van der Waals surface area contributed by atoms with Crippen LogP contribution in [0.5, 0.6) is 11.5 Å². The molecule has 0 spiro atoms. The van der Waals surface area contributed by atoms with Crippen molar-refractivity contribution in [2.75, 3.05) is 0 Å². The van der Waals surface area contributed by atoms with Gasteiger partial charge in [-0.25, -0.2) is 0 Å². The van der Waals surface area contributed by atoms with Gasteiger partial charge in [0.1, 0.15) is 11.5 Å². The van der Waals surface area contributed by atoms with Gasteiger partial charge in [-0.2, -0.15) is 0 Å². The van der Waals surface area contributed by atoms with Crippen molar-refractivity contribution in [3.63, 3.8) is 0 Å². The fourth-order valence-corrected chi connectivity index (χ4v) is 9.10. The molecule has 0 N–H and O–H groups in total. The number of hydrogen-bond acceptors (Lipinski definition) is 3. The van der Waals surface area contributed by atoms with Crippen LogP contribution in [0.1, 0.15) is 0 Å². The van der Waals surface area contributed by atoms with E-state index in [9.17, 15) is 0 Å². The van der Waals surface area contributed by atoms with Crippen LogP contribution in [0.2, 0.25) is 0 Å². The minimum absolute atomic E-state index is 0.632. The summed E-state index contributed by atoms with van der Waals surface area (Å²) in [5, 5.41) is 7.44. The molecular weight excluding hydrogens is 497 g/mol. The first-order chi connectivity index (χ1) is 19.2. The van der Waals surface area contributed by atoms with Crippen molar-refractivity contribution in [3.8, 4) is 22.6 Å². The van der Waals surface area contributed by atoms with Crippen LogP contribution in [0.25, 0.3) is 43.6 Å². The van der Waals surface area contributed by atoms with Crippen molar-refractivity contribution < 1.29 is 9.30 Å². The van der Waals surface area contributed by atoms with E-state index in [0.717, 1.165) is 54.2 Å². The van der Waals surface area contributed by atoms with E-state index in [0.29, 0.717) is 16.8 Å². The number of fused-ring (bicyclic) bond motifs is 8. The van der Waals surface area contributed by atoms with Crippen molar-refractivity contribution in [1.29, 1.82) is 0 Å². The molecule has 1 atom stereocenters. The average molecular weight is 520 g/mol. The molecule has 7 aromatic rings. The molecule has 0 radical (unpaired) electrons. The van der Waals surface area contributed by atoms with Gasteiger partial charge in [0.15, 0.2) is 7.14 Å². The van der Waals surface area contributed by atoms with Crippen LogP contribution in [0.4, 0.5) is 0 Å². The van der Waals surface area contributed by atoms with Gasteiger partial charge < -0.3 is 9.30 Å². The third kappa shape index (κ3) is 3.17. The van der Waals surface area contributed by atoms with Crippen molar-refractivity contribution in [2.24, 2.45) is 0 Å². The first-order valence-corrected chi connectivity index (χ1v) is 14.7. The van der Waals surface area contributed by atoms with E-state index >= 15 is 4.57 Å². The zero-order valence-corrected chi connectivity index (χ0v) is 21.8. The maximum absolute atomic E-state index is 15.9. The molecular formula is C35H22NO2P. The Hall–Kier alpha value is -4.72. The standard InChI is InChI=1S/C35H22NO2P/c37-39(25-12-2-1-3-13-25)32-22-24(26-18-8-10-23-11-9-21-36-33(23)26)19-20-31(32)38-34-29-16-6-4-14-27(29)28-15-5-7-17-30(28)35(34)39/h1-22H. The first kappa shape index (κ1) is 22.3. The SMILES string of the molecule is O=P1(c2ccccc2)c2cc(-c3cccc4cccnc34)ccc2Oc2c1c1ccccc1c1ccccc21. The minimum Gasteiger partial charge on any atom is -0.455 e. The number of nitrogens with zero attached hydrogens (tertiary/aromatic N) is 1. The summed E-state index contributed by atoms with van der Waals surface area (Å²) in [6.45, 7) is 0. The molecule has 2 heterocycles. The average Bonchev–Trinajstić information content (AvgIpc) is 3.01. The second-order valence-electron chi connectivity index (χ2n) is 9.88. The lowest BCUT2D eigenvalue weighted by molar-refractivity contribution is 0.491. The quantitative estimate of drug-likeness (QED) is 0.172. The number of pyridine rings is 1. The van der Waals surface area contributed by atoms with Crippen LogP contribution >= 0.6 is 7.14 Å². The summed E-state index contributed by atoms with van der Waals surface area (Å²) in [6, 6.07) is 42.6. The van der Waals surface area contributed by atoms with Gasteiger partial charge >= 0.3 is 0 Å². The highest BCUT2D eigenvalue weighted by Gasteiger charge is 2.41.